The van der Waals surface area contributed by atoms with Gasteiger partial charge in [0.15, 0.2) is 0 Å². The van der Waals surface area contributed by atoms with E-state index in [1.165, 1.54) is 71.1 Å². The summed E-state index contributed by atoms with van der Waals surface area (Å²) in [7, 11) is 0. The highest BCUT2D eigenvalue weighted by atomic mass is 15.1. The molecule has 1 aliphatic heterocycles. The summed E-state index contributed by atoms with van der Waals surface area (Å²) in [5.74, 6) is 0.921. The van der Waals surface area contributed by atoms with E-state index < -0.39 is 0 Å². The molecule has 21 heavy (non-hydrogen) atoms. The summed E-state index contributed by atoms with van der Waals surface area (Å²) < 4.78 is 0. The second-order valence-electron chi connectivity index (χ2n) is 8.76. The minimum atomic E-state index is 0.498. The Balaban J connectivity index is 1.87. The molecule has 0 aromatic rings. The summed E-state index contributed by atoms with van der Waals surface area (Å²) in [5.41, 5.74) is 1.07. The number of hydrogen-bond donors (Lipinski definition) is 1. The summed E-state index contributed by atoms with van der Waals surface area (Å²) >= 11 is 0. The fraction of sp³-hybridized carbons (Fsp3) is 1.00. The Labute approximate surface area is 133 Å². The molecule has 0 unspecified atom stereocenters. The van der Waals surface area contributed by atoms with Crippen molar-refractivity contribution in [3.63, 3.8) is 0 Å². The minimum Gasteiger partial charge on any atom is -0.316 e. The first-order chi connectivity index (χ1) is 9.95. The molecule has 0 bridgehead atoms. The van der Waals surface area contributed by atoms with Gasteiger partial charge < -0.3 is 10.2 Å². The second kappa shape index (κ2) is 7.46. The molecule has 2 nitrogen and oxygen atoms in total. The predicted octanol–water partition coefficient (Wildman–Crippen LogP) is 4.30. The normalized spacial score (nSPS) is 25.1. The average molecular weight is 295 g/mol. The van der Waals surface area contributed by atoms with Crippen LogP contribution in [-0.4, -0.2) is 37.6 Å². The maximum absolute atomic E-state index is 3.65. The first-order valence-electron chi connectivity index (χ1n) is 9.38. The zero-order chi connectivity index (χ0) is 15.3. The van der Waals surface area contributed by atoms with Crippen LogP contribution in [0.1, 0.15) is 72.6 Å². The largest absolute Gasteiger partial charge is 0.316 e. The van der Waals surface area contributed by atoms with Crippen molar-refractivity contribution in [3.8, 4) is 0 Å². The molecule has 0 radical (unpaired) electrons. The zero-order valence-electron chi connectivity index (χ0n) is 15.0. The molecule has 124 valence electrons. The lowest BCUT2D eigenvalue weighted by molar-refractivity contribution is 0.0557. The van der Waals surface area contributed by atoms with Gasteiger partial charge in [0.25, 0.3) is 0 Å². The van der Waals surface area contributed by atoms with Crippen LogP contribution in [0.2, 0.25) is 0 Å². The van der Waals surface area contributed by atoms with Crippen molar-refractivity contribution in [2.75, 3.05) is 32.7 Å². The molecule has 2 heteroatoms. The highest BCUT2D eigenvalue weighted by Crippen LogP contribution is 2.39. The van der Waals surface area contributed by atoms with Crippen LogP contribution in [0.15, 0.2) is 0 Å². The van der Waals surface area contributed by atoms with Crippen LogP contribution < -0.4 is 5.32 Å². The van der Waals surface area contributed by atoms with Gasteiger partial charge in [-0.05, 0) is 62.1 Å². The van der Waals surface area contributed by atoms with Crippen molar-refractivity contribution in [3.05, 3.63) is 0 Å². The van der Waals surface area contributed by atoms with Crippen LogP contribution in [-0.2, 0) is 0 Å². The Kier molecular flexibility index (Phi) is 6.14. The van der Waals surface area contributed by atoms with Gasteiger partial charge in [0.05, 0.1) is 0 Å². The number of nitrogens with one attached hydrogen (secondary N) is 1. The fourth-order valence-corrected chi connectivity index (χ4v) is 4.51. The van der Waals surface area contributed by atoms with Crippen molar-refractivity contribution >= 4 is 0 Å². The summed E-state index contributed by atoms with van der Waals surface area (Å²) in [6, 6.07) is 0. The molecule has 0 atom stereocenters. The molecule has 0 aromatic carbocycles. The molecular formula is C19H38N2. The van der Waals surface area contributed by atoms with Crippen LogP contribution in [0, 0.1) is 16.7 Å². The Morgan fingerprint density at radius 2 is 1.67 bits per heavy atom. The van der Waals surface area contributed by atoms with Crippen LogP contribution in [0.25, 0.3) is 0 Å². The number of piperidine rings is 1. The topological polar surface area (TPSA) is 15.3 Å². The van der Waals surface area contributed by atoms with Gasteiger partial charge >= 0.3 is 0 Å². The fourth-order valence-electron chi connectivity index (χ4n) is 4.51. The lowest BCUT2D eigenvalue weighted by atomic mass is 9.72. The third kappa shape index (κ3) is 4.96. The molecule has 0 amide bonds. The van der Waals surface area contributed by atoms with Crippen LogP contribution in [0.4, 0.5) is 0 Å². The highest BCUT2D eigenvalue weighted by Gasteiger charge is 2.36. The summed E-state index contributed by atoms with van der Waals surface area (Å²) in [6.07, 6.45) is 10.0. The number of likely N-dealkylation sites (tertiary alicyclic amines) is 1. The monoisotopic (exact) mass is 294 g/mol. The van der Waals surface area contributed by atoms with E-state index in [1.807, 2.05) is 0 Å². The van der Waals surface area contributed by atoms with E-state index >= 15 is 0 Å². The maximum atomic E-state index is 3.65. The van der Waals surface area contributed by atoms with Crippen molar-refractivity contribution < 1.29 is 0 Å². The summed E-state index contributed by atoms with van der Waals surface area (Å²) in [6.45, 7) is 15.9. The van der Waals surface area contributed by atoms with Crippen molar-refractivity contribution in [1.29, 1.82) is 0 Å². The third-order valence-electron chi connectivity index (χ3n) is 6.04. The first-order valence-corrected chi connectivity index (χ1v) is 9.38. The minimum absolute atomic E-state index is 0.498. The Bertz CT molecular complexity index is 291. The average Bonchev–Trinajstić information content (AvgIpc) is 2.46. The maximum Gasteiger partial charge on any atom is 0.00501 e. The quantitative estimate of drug-likeness (QED) is 0.813. The molecule has 1 N–H and O–H groups in total. The van der Waals surface area contributed by atoms with Gasteiger partial charge in [-0.25, -0.2) is 0 Å². The van der Waals surface area contributed by atoms with E-state index in [0.717, 1.165) is 12.5 Å². The third-order valence-corrected chi connectivity index (χ3v) is 6.04. The van der Waals surface area contributed by atoms with Gasteiger partial charge in [-0.2, -0.15) is 0 Å². The van der Waals surface area contributed by atoms with Gasteiger partial charge in [-0.1, -0.05) is 47.0 Å². The van der Waals surface area contributed by atoms with Crippen molar-refractivity contribution in [2.24, 2.45) is 16.7 Å². The van der Waals surface area contributed by atoms with E-state index in [4.69, 9.17) is 0 Å². The van der Waals surface area contributed by atoms with Crippen LogP contribution in [0.3, 0.4) is 0 Å². The van der Waals surface area contributed by atoms with E-state index in [1.54, 1.807) is 0 Å². The SMILES string of the molecule is CCNCC1(CN2CCC(C(C)(C)C)CC2)CCCCC1. The summed E-state index contributed by atoms with van der Waals surface area (Å²) in [4.78, 5) is 2.78. The standard InChI is InChI=1S/C19H38N2/c1-5-20-15-19(11-7-6-8-12-19)16-21-13-9-17(10-14-21)18(2,3)4/h17,20H,5-16H2,1-4H3. The number of nitrogens with zero attached hydrogens (tertiary/aromatic N) is 1. The van der Waals surface area contributed by atoms with Crippen molar-refractivity contribution in [2.45, 2.75) is 72.6 Å². The Morgan fingerprint density at radius 1 is 1.05 bits per heavy atom. The lowest BCUT2D eigenvalue weighted by Gasteiger charge is -2.45. The molecule has 2 fully saturated rings. The van der Waals surface area contributed by atoms with E-state index in [-0.39, 0.29) is 0 Å². The van der Waals surface area contributed by atoms with Gasteiger partial charge in [0, 0.05) is 13.1 Å². The molecule has 1 heterocycles. The van der Waals surface area contributed by atoms with E-state index in [9.17, 15) is 0 Å². The molecule has 0 aromatic heterocycles. The lowest BCUT2D eigenvalue weighted by Crippen LogP contribution is -2.48. The molecule has 1 aliphatic carbocycles. The van der Waals surface area contributed by atoms with E-state index in [0.29, 0.717) is 10.8 Å². The van der Waals surface area contributed by atoms with Crippen LogP contribution >= 0.6 is 0 Å². The molecule has 1 saturated carbocycles. The molecular weight excluding hydrogens is 256 g/mol. The second-order valence-corrected chi connectivity index (χ2v) is 8.76. The van der Waals surface area contributed by atoms with Gasteiger partial charge in [0.1, 0.15) is 0 Å². The smallest absolute Gasteiger partial charge is 0.00501 e. The summed E-state index contributed by atoms with van der Waals surface area (Å²) in [5, 5.41) is 3.65. The van der Waals surface area contributed by atoms with Gasteiger partial charge in [-0.15, -0.1) is 0 Å². The molecule has 1 saturated heterocycles. The van der Waals surface area contributed by atoms with Crippen LogP contribution in [0.5, 0.6) is 0 Å². The first kappa shape index (κ1) is 17.3. The highest BCUT2D eigenvalue weighted by molar-refractivity contribution is 4.90. The van der Waals surface area contributed by atoms with Gasteiger partial charge in [0.2, 0.25) is 0 Å². The molecule has 2 aliphatic rings. The molecule has 0 spiro atoms. The predicted molar refractivity (Wildman–Crippen MR) is 92.7 cm³/mol. The van der Waals surface area contributed by atoms with E-state index in [2.05, 4.69) is 37.9 Å². The molecule has 2 rings (SSSR count). The van der Waals surface area contributed by atoms with Crippen molar-refractivity contribution in [1.82, 2.24) is 10.2 Å². The number of hydrogen-bond acceptors (Lipinski definition) is 2. The number of rotatable bonds is 5. The van der Waals surface area contributed by atoms with Gasteiger partial charge in [-0.3, -0.25) is 0 Å². The Morgan fingerprint density at radius 3 is 2.19 bits per heavy atom. The zero-order valence-corrected chi connectivity index (χ0v) is 15.0. The Hall–Kier alpha value is -0.0800.